The van der Waals surface area contributed by atoms with E-state index in [0.717, 1.165) is 0 Å². The summed E-state index contributed by atoms with van der Waals surface area (Å²) in [6.45, 7) is 10.7. The number of rotatable bonds is 4. The van der Waals surface area contributed by atoms with Gasteiger partial charge in [-0.3, -0.25) is 14.6 Å². The zero-order valence-corrected chi connectivity index (χ0v) is 18.4. The Morgan fingerprint density at radius 3 is 2.55 bits per heavy atom. The molecular weight excluding hydrogens is 396 g/mol. The van der Waals surface area contributed by atoms with Crippen molar-refractivity contribution in [2.75, 3.05) is 37.7 Å². The molecule has 4 rings (SSSR count). The molecule has 3 heterocycles. The fraction of sp³-hybridized carbons (Fsp3) is 0.455. The number of benzene rings is 1. The van der Waals surface area contributed by atoms with Gasteiger partial charge in [-0.25, -0.2) is 4.68 Å². The molecule has 0 atom stereocenters. The standard InChI is InChI=1S/C22H28N6O3/c1-5-31-17-9-7-6-8-15(17)20(30)26-10-12-27(13-11-26)21-24-18-16(19(29)25-21)14-23-28(18)22(2,3)4/h6-9,14H,5,10-13H2,1-4H3,(H,24,25,29). The monoisotopic (exact) mass is 424 g/mol. The Morgan fingerprint density at radius 2 is 1.87 bits per heavy atom. The third kappa shape index (κ3) is 3.99. The maximum absolute atomic E-state index is 13.0. The van der Waals surface area contributed by atoms with Gasteiger partial charge in [0.2, 0.25) is 5.95 Å². The molecule has 0 aliphatic carbocycles. The van der Waals surface area contributed by atoms with E-state index in [0.29, 0.717) is 61.1 Å². The molecule has 9 heteroatoms. The molecule has 2 aromatic heterocycles. The number of hydrogen-bond acceptors (Lipinski definition) is 6. The van der Waals surface area contributed by atoms with Crippen molar-refractivity contribution < 1.29 is 9.53 Å². The highest BCUT2D eigenvalue weighted by atomic mass is 16.5. The Morgan fingerprint density at radius 1 is 1.16 bits per heavy atom. The van der Waals surface area contributed by atoms with E-state index in [-0.39, 0.29) is 17.0 Å². The van der Waals surface area contributed by atoms with E-state index in [2.05, 4.69) is 10.1 Å². The summed E-state index contributed by atoms with van der Waals surface area (Å²) in [7, 11) is 0. The van der Waals surface area contributed by atoms with E-state index in [1.54, 1.807) is 16.9 Å². The Balaban J connectivity index is 1.53. The molecule has 0 bridgehead atoms. The molecule has 0 unspecified atom stereocenters. The van der Waals surface area contributed by atoms with Crippen LogP contribution < -0.4 is 15.2 Å². The zero-order chi connectivity index (χ0) is 22.2. The summed E-state index contributed by atoms with van der Waals surface area (Å²) >= 11 is 0. The number of hydrogen-bond donors (Lipinski definition) is 1. The number of para-hydroxylation sites is 1. The van der Waals surface area contributed by atoms with Crippen molar-refractivity contribution in [2.45, 2.75) is 33.2 Å². The lowest BCUT2D eigenvalue weighted by molar-refractivity contribution is 0.0742. The molecule has 164 valence electrons. The van der Waals surface area contributed by atoms with Crippen molar-refractivity contribution >= 4 is 22.9 Å². The Labute approximate surface area is 180 Å². The number of nitrogens with zero attached hydrogens (tertiary/aromatic N) is 5. The van der Waals surface area contributed by atoms with Crippen molar-refractivity contribution in [1.29, 1.82) is 0 Å². The van der Waals surface area contributed by atoms with Gasteiger partial charge in [-0.05, 0) is 39.8 Å². The Bertz CT molecular complexity index is 1150. The highest BCUT2D eigenvalue weighted by Crippen LogP contribution is 2.23. The van der Waals surface area contributed by atoms with Gasteiger partial charge in [0.25, 0.3) is 11.5 Å². The number of carbonyl (C=O) groups is 1. The molecule has 31 heavy (non-hydrogen) atoms. The minimum Gasteiger partial charge on any atom is -0.493 e. The van der Waals surface area contributed by atoms with Gasteiger partial charge in [-0.1, -0.05) is 12.1 Å². The van der Waals surface area contributed by atoms with Crippen LogP contribution in [0.25, 0.3) is 11.0 Å². The number of piperazine rings is 1. The second-order valence-corrected chi connectivity index (χ2v) is 8.56. The first kappa shape index (κ1) is 20.9. The summed E-state index contributed by atoms with van der Waals surface area (Å²) in [4.78, 5) is 37.0. The first-order chi connectivity index (χ1) is 14.8. The molecule has 1 aliphatic heterocycles. The molecule has 1 N–H and O–H groups in total. The van der Waals surface area contributed by atoms with Crippen LogP contribution in [-0.2, 0) is 5.54 Å². The van der Waals surface area contributed by atoms with E-state index in [1.165, 1.54) is 0 Å². The molecular formula is C22H28N6O3. The fourth-order valence-corrected chi connectivity index (χ4v) is 3.76. The van der Waals surface area contributed by atoms with E-state index in [4.69, 9.17) is 9.72 Å². The van der Waals surface area contributed by atoms with E-state index in [9.17, 15) is 9.59 Å². The predicted molar refractivity (Wildman–Crippen MR) is 119 cm³/mol. The van der Waals surface area contributed by atoms with Gasteiger partial charge < -0.3 is 14.5 Å². The number of nitrogens with one attached hydrogen (secondary N) is 1. The second-order valence-electron chi connectivity index (χ2n) is 8.56. The van der Waals surface area contributed by atoms with Crippen molar-refractivity contribution in [3.05, 3.63) is 46.4 Å². The topological polar surface area (TPSA) is 96.3 Å². The van der Waals surface area contributed by atoms with Crippen LogP contribution in [-0.4, -0.2) is 63.3 Å². The van der Waals surface area contributed by atoms with Crippen LogP contribution in [0.2, 0.25) is 0 Å². The van der Waals surface area contributed by atoms with Gasteiger partial charge in [-0.2, -0.15) is 10.1 Å². The Kier molecular flexibility index (Phi) is 5.43. The molecule has 0 saturated carbocycles. The Hall–Kier alpha value is -3.36. The number of H-pyrrole nitrogens is 1. The highest BCUT2D eigenvalue weighted by molar-refractivity contribution is 5.97. The molecule has 1 fully saturated rings. The number of carbonyl (C=O) groups excluding carboxylic acids is 1. The molecule has 9 nitrogen and oxygen atoms in total. The van der Waals surface area contributed by atoms with Crippen LogP contribution in [0.5, 0.6) is 5.75 Å². The van der Waals surface area contributed by atoms with Crippen molar-refractivity contribution in [3.63, 3.8) is 0 Å². The van der Waals surface area contributed by atoms with Gasteiger partial charge in [0.05, 0.1) is 23.9 Å². The minimum absolute atomic E-state index is 0.0496. The lowest BCUT2D eigenvalue weighted by Crippen LogP contribution is -2.49. The van der Waals surface area contributed by atoms with Crippen LogP contribution >= 0.6 is 0 Å². The largest absolute Gasteiger partial charge is 0.493 e. The molecule has 3 aromatic rings. The SMILES string of the molecule is CCOc1ccccc1C(=O)N1CCN(c2nc3c(cnn3C(C)(C)C)c(=O)[nH]2)CC1. The number of anilines is 1. The molecule has 0 spiro atoms. The number of fused-ring (bicyclic) bond motifs is 1. The average molecular weight is 425 g/mol. The van der Waals surface area contributed by atoms with Crippen molar-refractivity contribution in [3.8, 4) is 5.75 Å². The van der Waals surface area contributed by atoms with E-state index < -0.39 is 0 Å². The van der Waals surface area contributed by atoms with Crippen LogP contribution in [0, 0.1) is 0 Å². The number of amides is 1. The molecule has 0 radical (unpaired) electrons. The van der Waals surface area contributed by atoms with Crippen LogP contribution in [0.3, 0.4) is 0 Å². The molecule has 1 aromatic carbocycles. The first-order valence-electron chi connectivity index (χ1n) is 10.5. The highest BCUT2D eigenvalue weighted by Gasteiger charge is 2.26. The summed E-state index contributed by atoms with van der Waals surface area (Å²) < 4.78 is 7.38. The summed E-state index contributed by atoms with van der Waals surface area (Å²) in [5.74, 6) is 1.06. The number of aromatic amines is 1. The number of aromatic nitrogens is 4. The second kappa shape index (κ2) is 8.05. The molecule has 1 aliphatic rings. The van der Waals surface area contributed by atoms with Gasteiger partial charge in [-0.15, -0.1) is 0 Å². The third-order valence-electron chi connectivity index (χ3n) is 5.34. The molecule has 1 saturated heterocycles. The third-order valence-corrected chi connectivity index (χ3v) is 5.34. The maximum Gasteiger partial charge on any atom is 0.263 e. The lowest BCUT2D eigenvalue weighted by atomic mass is 10.1. The van der Waals surface area contributed by atoms with Crippen molar-refractivity contribution in [1.82, 2.24) is 24.6 Å². The fourth-order valence-electron chi connectivity index (χ4n) is 3.76. The normalized spacial score (nSPS) is 14.8. The van der Waals surface area contributed by atoms with E-state index in [1.807, 2.05) is 55.7 Å². The zero-order valence-electron chi connectivity index (χ0n) is 18.4. The lowest BCUT2D eigenvalue weighted by Gasteiger charge is -2.35. The van der Waals surface area contributed by atoms with Gasteiger partial charge >= 0.3 is 0 Å². The summed E-state index contributed by atoms with van der Waals surface area (Å²) in [5.41, 5.74) is 0.633. The first-order valence-corrected chi connectivity index (χ1v) is 10.5. The van der Waals surface area contributed by atoms with Crippen LogP contribution in [0.15, 0.2) is 35.3 Å². The minimum atomic E-state index is -0.293. The van der Waals surface area contributed by atoms with Crippen LogP contribution in [0.1, 0.15) is 38.1 Å². The van der Waals surface area contributed by atoms with Crippen LogP contribution in [0.4, 0.5) is 5.95 Å². The van der Waals surface area contributed by atoms with Gasteiger partial charge in [0.1, 0.15) is 11.1 Å². The maximum atomic E-state index is 13.0. The van der Waals surface area contributed by atoms with Gasteiger partial charge in [0, 0.05) is 26.2 Å². The smallest absolute Gasteiger partial charge is 0.263 e. The quantitative estimate of drug-likeness (QED) is 0.690. The number of ether oxygens (including phenoxy) is 1. The van der Waals surface area contributed by atoms with Gasteiger partial charge in [0.15, 0.2) is 5.65 Å². The molecule has 1 amide bonds. The summed E-state index contributed by atoms with van der Waals surface area (Å²) in [5, 5.41) is 4.83. The summed E-state index contributed by atoms with van der Waals surface area (Å²) in [6.07, 6.45) is 1.56. The van der Waals surface area contributed by atoms with Crippen molar-refractivity contribution in [2.24, 2.45) is 0 Å². The van der Waals surface area contributed by atoms with E-state index >= 15 is 0 Å². The average Bonchev–Trinajstić information content (AvgIpc) is 3.19. The summed E-state index contributed by atoms with van der Waals surface area (Å²) in [6, 6.07) is 7.31. The predicted octanol–water partition coefficient (Wildman–Crippen LogP) is 2.24.